The normalized spacial score (nSPS) is 14.5. The quantitative estimate of drug-likeness (QED) is 0.487. The number of pyridine rings is 2. The summed E-state index contributed by atoms with van der Waals surface area (Å²) in [7, 11) is 1.60. The van der Waals surface area contributed by atoms with Crippen LogP contribution in [0.1, 0.15) is 12.8 Å². The molecule has 0 atom stereocenters. The Labute approximate surface area is 180 Å². The van der Waals surface area contributed by atoms with Crippen LogP contribution in [-0.4, -0.2) is 46.2 Å². The molecule has 0 bridgehead atoms. The number of aromatic nitrogens is 4. The molecule has 0 aliphatic carbocycles. The molecule has 7 nitrogen and oxygen atoms in total. The number of para-hydroxylation sites is 1. The first-order chi connectivity index (χ1) is 15.3. The summed E-state index contributed by atoms with van der Waals surface area (Å²) in [5.41, 5.74) is 2.44. The zero-order valence-electron chi connectivity index (χ0n) is 17.3. The smallest absolute Gasteiger partial charge is 0.241 e. The molecule has 31 heavy (non-hydrogen) atoms. The lowest BCUT2D eigenvalue weighted by Gasteiger charge is -2.33. The summed E-state index contributed by atoms with van der Waals surface area (Å²) in [5.74, 6) is 2.03. The van der Waals surface area contributed by atoms with E-state index in [0.29, 0.717) is 17.5 Å². The lowest BCUT2D eigenvalue weighted by molar-refractivity contribution is 0.164. The Morgan fingerprint density at radius 1 is 0.839 bits per heavy atom. The molecule has 1 aliphatic heterocycles. The van der Waals surface area contributed by atoms with Gasteiger partial charge in [0.2, 0.25) is 11.8 Å². The summed E-state index contributed by atoms with van der Waals surface area (Å²) in [5, 5.41) is 1.16. The summed E-state index contributed by atoms with van der Waals surface area (Å²) in [6.07, 6.45) is 6.83. The molecule has 5 rings (SSSR count). The largest absolute Gasteiger partial charge is 0.481 e. The van der Waals surface area contributed by atoms with Crippen molar-refractivity contribution in [2.75, 3.05) is 25.1 Å². The van der Waals surface area contributed by atoms with Crippen LogP contribution in [0.3, 0.4) is 0 Å². The summed E-state index contributed by atoms with van der Waals surface area (Å²) in [4.78, 5) is 20.3. The Balaban J connectivity index is 1.30. The van der Waals surface area contributed by atoms with Crippen molar-refractivity contribution in [1.82, 2.24) is 19.9 Å². The van der Waals surface area contributed by atoms with Crippen molar-refractivity contribution in [2.24, 2.45) is 0 Å². The number of nitrogens with zero attached hydrogens (tertiary/aromatic N) is 5. The molecule has 1 aromatic carbocycles. The van der Waals surface area contributed by atoms with E-state index in [-0.39, 0.29) is 6.10 Å². The van der Waals surface area contributed by atoms with Gasteiger partial charge in [-0.1, -0.05) is 18.2 Å². The second-order valence-electron chi connectivity index (χ2n) is 7.44. The standard InChI is InChI=1S/C24H23N5O2/c1-30-23-19(6-4-12-26-23)22-24(27-14-13-25-22)31-18-10-15-29(16-11-18)21-9-8-17-5-2-3-7-20(17)28-21/h2-9,12-14,18H,10-11,15-16H2,1H3. The van der Waals surface area contributed by atoms with Crippen molar-refractivity contribution in [1.29, 1.82) is 0 Å². The summed E-state index contributed by atoms with van der Waals surface area (Å²) >= 11 is 0. The Morgan fingerprint density at radius 2 is 1.65 bits per heavy atom. The predicted octanol–water partition coefficient (Wildman–Crippen LogP) is 4.14. The van der Waals surface area contributed by atoms with E-state index in [1.54, 1.807) is 25.7 Å². The van der Waals surface area contributed by atoms with E-state index < -0.39 is 0 Å². The summed E-state index contributed by atoms with van der Waals surface area (Å²) in [6, 6.07) is 16.2. The number of methoxy groups -OCH3 is 1. The van der Waals surface area contributed by atoms with Gasteiger partial charge in [-0.2, -0.15) is 0 Å². The second kappa shape index (κ2) is 8.55. The van der Waals surface area contributed by atoms with E-state index in [2.05, 4.69) is 44.1 Å². The lowest BCUT2D eigenvalue weighted by Crippen LogP contribution is -2.38. The van der Waals surface area contributed by atoms with Crippen molar-refractivity contribution < 1.29 is 9.47 Å². The number of fused-ring (bicyclic) bond motifs is 1. The van der Waals surface area contributed by atoms with Gasteiger partial charge in [-0.15, -0.1) is 0 Å². The molecule has 156 valence electrons. The van der Waals surface area contributed by atoms with Crippen molar-refractivity contribution in [3.05, 3.63) is 67.1 Å². The van der Waals surface area contributed by atoms with Gasteiger partial charge in [-0.3, -0.25) is 0 Å². The van der Waals surface area contributed by atoms with Gasteiger partial charge in [0.1, 0.15) is 17.6 Å². The maximum Gasteiger partial charge on any atom is 0.241 e. The van der Waals surface area contributed by atoms with Crippen LogP contribution in [0, 0.1) is 0 Å². The Hall–Kier alpha value is -3.74. The van der Waals surface area contributed by atoms with Crippen molar-refractivity contribution in [2.45, 2.75) is 18.9 Å². The molecule has 7 heteroatoms. The molecular formula is C24H23N5O2. The minimum atomic E-state index is 0.0647. The highest BCUT2D eigenvalue weighted by Gasteiger charge is 2.24. The Morgan fingerprint density at radius 3 is 2.52 bits per heavy atom. The number of hydrogen-bond acceptors (Lipinski definition) is 7. The third-order valence-corrected chi connectivity index (χ3v) is 5.51. The zero-order valence-corrected chi connectivity index (χ0v) is 17.3. The van der Waals surface area contributed by atoms with Crippen LogP contribution in [-0.2, 0) is 0 Å². The molecule has 0 spiro atoms. The highest BCUT2D eigenvalue weighted by atomic mass is 16.5. The van der Waals surface area contributed by atoms with Gasteiger partial charge in [-0.25, -0.2) is 19.9 Å². The average Bonchev–Trinajstić information content (AvgIpc) is 2.84. The molecule has 4 heterocycles. The average molecular weight is 413 g/mol. The molecule has 0 saturated carbocycles. The van der Waals surface area contributed by atoms with E-state index in [9.17, 15) is 0 Å². The number of hydrogen-bond donors (Lipinski definition) is 0. The maximum absolute atomic E-state index is 6.29. The fourth-order valence-electron chi connectivity index (χ4n) is 3.92. The molecule has 1 aliphatic rings. The van der Waals surface area contributed by atoms with Crippen LogP contribution in [0.25, 0.3) is 22.2 Å². The number of benzene rings is 1. The summed E-state index contributed by atoms with van der Waals surface area (Å²) in [6.45, 7) is 1.75. The van der Waals surface area contributed by atoms with Gasteiger partial charge in [0.05, 0.1) is 18.2 Å². The van der Waals surface area contributed by atoms with Gasteiger partial charge in [-0.05, 0) is 30.3 Å². The van der Waals surface area contributed by atoms with Gasteiger partial charge in [0.25, 0.3) is 0 Å². The number of ether oxygens (including phenoxy) is 2. The maximum atomic E-state index is 6.29. The van der Waals surface area contributed by atoms with Crippen LogP contribution in [0.5, 0.6) is 11.8 Å². The molecule has 1 saturated heterocycles. The highest BCUT2D eigenvalue weighted by molar-refractivity contribution is 5.80. The number of anilines is 1. The molecule has 3 aromatic heterocycles. The Kier molecular flexibility index (Phi) is 5.31. The van der Waals surface area contributed by atoms with Gasteiger partial charge < -0.3 is 14.4 Å². The number of rotatable bonds is 5. The van der Waals surface area contributed by atoms with E-state index in [0.717, 1.165) is 48.2 Å². The van der Waals surface area contributed by atoms with Crippen LogP contribution in [0.4, 0.5) is 5.82 Å². The third kappa shape index (κ3) is 3.99. The van der Waals surface area contributed by atoms with E-state index in [1.165, 1.54) is 0 Å². The highest BCUT2D eigenvalue weighted by Crippen LogP contribution is 2.33. The zero-order chi connectivity index (χ0) is 21.0. The summed E-state index contributed by atoms with van der Waals surface area (Å²) < 4.78 is 11.7. The van der Waals surface area contributed by atoms with Gasteiger partial charge in [0, 0.05) is 49.9 Å². The van der Waals surface area contributed by atoms with E-state index in [1.807, 2.05) is 24.3 Å². The fourth-order valence-corrected chi connectivity index (χ4v) is 3.92. The molecule has 0 unspecified atom stereocenters. The molecule has 4 aromatic rings. The van der Waals surface area contributed by atoms with Crippen molar-refractivity contribution in [3.8, 4) is 23.0 Å². The first kappa shape index (κ1) is 19.2. The molecule has 0 N–H and O–H groups in total. The molecule has 0 radical (unpaired) electrons. The second-order valence-corrected chi connectivity index (χ2v) is 7.44. The van der Waals surface area contributed by atoms with Gasteiger partial charge >= 0.3 is 0 Å². The van der Waals surface area contributed by atoms with Crippen molar-refractivity contribution in [3.63, 3.8) is 0 Å². The molecule has 0 amide bonds. The van der Waals surface area contributed by atoms with Crippen molar-refractivity contribution >= 4 is 16.7 Å². The molecular weight excluding hydrogens is 390 g/mol. The number of piperidine rings is 1. The predicted molar refractivity (Wildman–Crippen MR) is 119 cm³/mol. The fraction of sp³-hybridized carbons (Fsp3) is 0.250. The van der Waals surface area contributed by atoms with Crippen LogP contribution < -0.4 is 14.4 Å². The van der Waals surface area contributed by atoms with Crippen LogP contribution >= 0.6 is 0 Å². The lowest BCUT2D eigenvalue weighted by atomic mass is 10.1. The monoisotopic (exact) mass is 413 g/mol. The topological polar surface area (TPSA) is 73.3 Å². The SMILES string of the molecule is COc1ncccc1-c1nccnc1OC1CCN(c2ccc3ccccc3n2)CC1. The van der Waals surface area contributed by atoms with Crippen LogP contribution in [0.15, 0.2) is 67.1 Å². The minimum Gasteiger partial charge on any atom is -0.481 e. The van der Waals surface area contributed by atoms with Gasteiger partial charge in [0.15, 0.2) is 0 Å². The minimum absolute atomic E-state index is 0.0647. The first-order valence-corrected chi connectivity index (χ1v) is 10.4. The Bertz CT molecular complexity index is 1190. The first-order valence-electron chi connectivity index (χ1n) is 10.4. The molecule has 1 fully saturated rings. The third-order valence-electron chi connectivity index (χ3n) is 5.51. The van der Waals surface area contributed by atoms with Crippen LogP contribution in [0.2, 0.25) is 0 Å². The van der Waals surface area contributed by atoms with E-state index >= 15 is 0 Å². The van der Waals surface area contributed by atoms with E-state index in [4.69, 9.17) is 14.5 Å².